The van der Waals surface area contributed by atoms with E-state index in [2.05, 4.69) is 22.9 Å². The van der Waals surface area contributed by atoms with Crippen molar-refractivity contribution >= 4 is 15.9 Å². The van der Waals surface area contributed by atoms with Crippen molar-refractivity contribution in [2.75, 3.05) is 0 Å². The Balaban J connectivity index is 0. The summed E-state index contributed by atoms with van der Waals surface area (Å²) in [6, 6.07) is 0. The molecule has 0 aliphatic rings. The molecule has 0 N–H and O–H groups in total. The van der Waals surface area contributed by atoms with Crippen molar-refractivity contribution in [3.05, 3.63) is 6.92 Å². The number of hydrogen-bond donors (Lipinski definition) is 0. The van der Waals surface area contributed by atoms with Crippen molar-refractivity contribution in [3.8, 4) is 0 Å². The van der Waals surface area contributed by atoms with Gasteiger partial charge in [-0.15, -0.1) is 20.3 Å². The predicted molar refractivity (Wildman–Crippen MR) is 29.7 cm³/mol. The van der Waals surface area contributed by atoms with Crippen LogP contribution < -0.4 is 0 Å². The molecule has 0 fully saturated rings. The molecule has 0 radical (unpaired) electrons. The van der Waals surface area contributed by atoms with Crippen molar-refractivity contribution in [1.29, 1.82) is 0 Å². The number of halogens is 1. The van der Waals surface area contributed by atoms with Crippen LogP contribution in [0.3, 0.4) is 0 Å². The first kappa shape index (κ1) is 11.6. The summed E-state index contributed by atoms with van der Waals surface area (Å²) in [5.41, 5.74) is 0. The molecule has 0 aliphatic heterocycles. The van der Waals surface area contributed by atoms with E-state index < -0.39 is 19.1 Å². The van der Waals surface area contributed by atoms with Crippen molar-refractivity contribution in [2.24, 2.45) is 0 Å². The Labute approximate surface area is 66.7 Å². The van der Waals surface area contributed by atoms with E-state index in [0.29, 0.717) is 0 Å². The van der Waals surface area contributed by atoms with E-state index in [4.69, 9.17) is 6.65 Å². The third-order valence-electron chi connectivity index (χ3n) is 0. The zero-order chi connectivity index (χ0) is 7.21. The van der Waals surface area contributed by atoms with Crippen LogP contribution in [0.1, 0.15) is 13.8 Å². The molecule has 0 rings (SSSR count). The Morgan fingerprint density at radius 1 is 1.50 bits per heavy atom. The molecule has 0 aliphatic carbocycles. The van der Waals surface area contributed by atoms with E-state index in [-0.39, 0.29) is 4.32 Å². The van der Waals surface area contributed by atoms with E-state index in [0.717, 1.165) is 0 Å². The first-order chi connectivity index (χ1) is 3.41. The maximum absolute atomic E-state index is 8.50. The molecule has 2 nitrogen and oxygen atoms in total. The predicted octanol–water partition coefficient (Wildman–Crippen LogP) is 1.75. The molecule has 8 heavy (non-hydrogen) atoms. The minimum absolute atomic E-state index is 0.0625. The molecule has 0 bridgehead atoms. The van der Waals surface area contributed by atoms with Gasteiger partial charge in [0.2, 0.25) is 0 Å². The number of alkyl halides is 1. The van der Waals surface area contributed by atoms with E-state index in [1.165, 1.54) is 0 Å². The summed E-state index contributed by atoms with van der Waals surface area (Å²) in [6.07, 6.45) is 0. The summed E-state index contributed by atoms with van der Waals surface area (Å²) < 4.78 is 17.1. The van der Waals surface area contributed by atoms with Crippen molar-refractivity contribution in [3.63, 3.8) is 0 Å². The van der Waals surface area contributed by atoms with Crippen molar-refractivity contribution < 1.29 is 25.7 Å². The molecular formula is C4H8BrO2Ti-. The first-order valence-electron chi connectivity index (χ1n) is 1.95. The molecule has 0 saturated heterocycles. The third-order valence-corrected chi connectivity index (χ3v) is 0. The van der Waals surface area contributed by atoms with Crippen LogP contribution in [0.4, 0.5) is 0 Å². The fourth-order valence-corrected chi connectivity index (χ4v) is 0. The Bertz CT molecular complexity index is 74.5. The van der Waals surface area contributed by atoms with Crippen LogP contribution in [0.5, 0.6) is 0 Å². The van der Waals surface area contributed by atoms with Crippen LogP contribution in [0.25, 0.3) is 0 Å². The minimum atomic E-state index is -2.00. The molecule has 0 aromatic carbocycles. The number of hydrogen-bond acceptors (Lipinski definition) is 2. The maximum atomic E-state index is 8.50. The first-order valence-corrected chi connectivity index (χ1v) is 4.02. The standard InChI is InChI=1S/C4H8Br.2O.Ti/c1-4(2,3)5;;;/h1H2,2-3H3;;;/q-1;;;. The summed E-state index contributed by atoms with van der Waals surface area (Å²) in [4.78, 5) is 0. The molecule has 0 atom stereocenters. The van der Waals surface area contributed by atoms with Crippen LogP contribution >= 0.6 is 15.9 Å². The van der Waals surface area contributed by atoms with Crippen LogP contribution in [-0.2, 0) is 25.7 Å². The quantitative estimate of drug-likeness (QED) is 0.351. The fourth-order valence-electron chi connectivity index (χ4n) is 0. The third kappa shape index (κ3) is 362. The van der Waals surface area contributed by atoms with Gasteiger partial charge in [-0.1, -0.05) is 13.8 Å². The second-order valence-electron chi connectivity index (χ2n) is 1.80. The molecule has 0 heterocycles. The zero-order valence-electron chi connectivity index (χ0n) is 4.90. The summed E-state index contributed by atoms with van der Waals surface area (Å²) >= 11 is 1.26. The summed E-state index contributed by atoms with van der Waals surface area (Å²) in [5, 5.41) is 0. The topological polar surface area (TPSA) is 34.1 Å². The molecule has 0 aromatic heterocycles. The van der Waals surface area contributed by atoms with Gasteiger partial charge >= 0.3 is 25.7 Å². The van der Waals surface area contributed by atoms with E-state index in [1.54, 1.807) is 0 Å². The van der Waals surface area contributed by atoms with Gasteiger partial charge in [0.25, 0.3) is 0 Å². The van der Waals surface area contributed by atoms with E-state index >= 15 is 0 Å². The van der Waals surface area contributed by atoms with Crippen LogP contribution in [-0.4, -0.2) is 4.32 Å². The Kier molecular flexibility index (Phi) is 8.57. The van der Waals surface area contributed by atoms with Gasteiger partial charge in [0.05, 0.1) is 0 Å². The molecule has 48 valence electrons. The second-order valence-corrected chi connectivity index (χ2v) is 4.21. The Morgan fingerprint density at radius 2 is 1.50 bits per heavy atom. The van der Waals surface area contributed by atoms with Gasteiger partial charge < -0.3 is 6.92 Å². The van der Waals surface area contributed by atoms with Crippen molar-refractivity contribution in [1.82, 2.24) is 0 Å². The normalized spacial score (nSPS) is 8.50. The van der Waals surface area contributed by atoms with Crippen molar-refractivity contribution in [2.45, 2.75) is 18.2 Å². The molecular weight excluding hydrogens is 208 g/mol. The molecule has 0 unspecified atom stereocenters. The van der Waals surface area contributed by atoms with Gasteiger partial charge in [-0.2, -0.15) is 0 Å². The van der Waals surface area contributed by atoms with Gasteiger partial charge in [-0.05, 0) is 0 Å². The van der Waals surface area contributed by atoms with E-state index in [9.17, 15) is 0 Å². The molecule has 0 saturated carbocycles. The van der Waals surface area contributed by atoms with Crippen LogP contribution in [0.15, 0.2) is 0 Å². The molecule has 0 aromatic rings. The second kappa shape index (κ2) is 5.92. The number of rotatable bonds is 0. The summed E-state index contributed by atoms with van der Waals surface area (Å²) in [6.45, 7) is 7.67. The SMILES string of the molecule is [CH2-]C(C)(C)Br.[O]=[Ti]=[O]. The van der Waals surface area contributed by atoms with Gasteiger partial charge in [-0.3, -0.25) is 0 Å². The average Bonchev–Trinajstić information content (AvgIpc) is 1.27. The summed E-state index contributed by atoms with van der Waals surface area (Å²) in [7, 11) is 0. The van der Waals surface area contributed by atoms with E-state index in [1.807, 2.05) is 13.8 Å². The van der Waals surface area contributed by atoms with Gasteiger partial charge in [-0.25, -0.2) is 0 Å². The zero-order valence-corrected chi connectivity index (χ0v) is 8.05. The van der Waals surface area contributed by atoms with Crippen LogP contribution in [0.2, 0.25) is 0 Å². The Morgan fingerprint density at radius 3 is 1.50 bits per heavy atom. The molecule has 4 heteroatoms. The van der Waals surface area contributed by atoms with Crippen LogP contribution in [0, 0.1) is 6.92 Å². The van der Waals surface area contributed by atoms with Gasteiger partial charge in [0.15, 0.2) is 0 Å². The average molecular weight is 216 g/mol. The fraction of sp³-hybridized carbons (Fsp3) is 0.750. The van der Waals surface area contributed by atoms with Gasteiger partial charge in [0.1, 0.15) is 0 Å². The molecule has 0 amide bonds. The van der Waals surface area contributed by atoms with Gasteiger partial charge in [0, 0.05) is 0 Å². The Hall–Kier alpha value is 0.794. The monoisotopic (exact) mass is 215 g/mol. The summed E-state index contributed by atoms with van der Waals surface area (Å²) in [5.74, 6) is 0. The molecule has 0 spiro atoms.